The molecule has 3 aromatic rings. The third-order valence-electron chi connectivity index (χ3n) is 5.82. The number of nitrogens with two attached hydrogens (primary N) is 2. The molecule has 4 rings (SSSR count). The quantitative estimate of drug-likeness (QED) is 0.210. The molecule has 0 spiro atoms. The molecular formula is C25H32N4O2S. The lowest BCUT2D eigenvalue weighted by atomic mass is 10.0. The van der Waals surface area contributed by atoms with Crippen molar-refractivity contribution in [1.82, 2.24) is 4.90 Å². The lowest BCUT2D eigenvalue weighted by Crippen LogP contribution is -2.30. The second kappa shape index (κ2) is 10.8. The molecule has 0 saturated carbocycles. The lowest BCUT2D eigenvalue weighted by Gasteiger charge is -2.26. The Labute approximate surface area is 194 Å². The zero-order valence-corrected chi connectivity index (χ0v) is 19.4. The summed E-state index contributed by atoms with van der Waals surface area (Å²) in [7, 11) is 1.66. The molecule has 1 aromatic heterocycles. The molecule has 0 amide bonds. The second-order valence-electron chi connectivity index (χ2n) is 8.15. The first kappa shape index (κ1) is 22.6. The summed E-state index contributed by atoms with van der Waals surface area (Å²) in [5, 5.41) is 1.01. The predicted molar refractivity (Wildman–Crippen MR) is 132 cm³/mol. The minimum absolute atomic E-state index is 0.0112. The van der Waals surface area contributed by atoms with E-state index in [1.54, 1.807) is 7.11 Å². The van der Waals surface area contributed by atoms with E-state index in [9.17, 15) is 0 Å². The molecule has 32 heavy (non-hydrogen) atoms. The number of aliphatic imine (C=N–C) groups is 1. The summed E-state index contributed by atoms with van der Waals surface area (Å²) in [5.74, 6) is 2.50. The molecule has 1 unspecified atom stereocenters. The molecule has 7 heteroatoms. The molecular weight excluding hydrogens is 420 g/mol. The van der Waals surface area contributed by atoms with Crippen LogP contribution in [0.25, 0.3) is 11.0 Å². The standard InChI is InChI=1S/C25H32N4O2S/c1-30-22-11-10-19(32-15-7-14-29-12-5-2-6-13-29)17-20(22)24(28-25(26)27)23-16-18-8-3-4-9-21(18)31-23/h3-4,8-11,16-17,24H,2,5-7,12-15H2,1H3,(H4,26,27,28). The molecule has 0 bridgehead atoms. The van der Waals surface area contributed by atoms with Crippen molar-refractivity contribution in [2.45, 2.75) is 36.6 Å². The number of thioether (sulfide) groups is 1. The molecule has 170 valence electrons. The summed E-state index contributed by atoms with van der Waals surface area (Å²) >= 11 is 1.86. The van der Waals surface area contributed by atoms with Crippen molar-refractivity contribution in [3.8, 4) is 5.75 Å². The number of piperidine rings is 1. The summed E-state index contributed by atoms with van der Waals surface area (Å²) in [6.07, 6.45) is 5.22. The van der Waals surface area contributed by atoms with Crippen LogP contribution in [0.2, 0.25) is 0 Å². The Kier molecular flexibility index (Phi) is 7.60. The number of hydrogen-bond acceptors (Lipinski definition) is 5. The third-order valence-corrected chi connectivity index (χ3v) is 6.90. The second-order valence-corrected chi connectivity index (χ2v) is 9.32. The topological polar surface area (TPSA) is 90.0 Å². The Bertz CT molecular complexity index is 1020. The minimum atomic E-state index is -0.476. The van der Waals surface area contributed by atoms with Gasteiger partial charge in [0.25, 0.3) is 0 Å². The van der Waals surface area contributed by atoms with Gasteiger partial charge in [0.05, 0.1) is 7.11 Å². The number of guanidine groups is 1. The highest BCUT2D eigenvalue weighted by Crippen LogP contribution is 2.38. The van der Waals surface area contributed by atoms with Crippen molar-refractivity contribution >= 4 is 28.7 Å². The van der Waals surface area contributed by atoms with E-state index in [4.69, 9.17) is 20.6 Å². The molecule has 1 aliphatic rings. The number of fused-ring (bicyclic) bond motifs is 1. The lowest BCUT2D eigenvalue weighted by molar-refractivity contribution is 0.230. The summed E-state index contributed by atoms with van der Waals surface area (Å²) in [5.41, 5.74) is 13.3. The van der Waals surface area contributed by atoms with Crippen molar-refractivity contribution < 1.29 is 9.15 Å². The third kappa shape index (κ3) is 5.58. The van der Waals surface area contributed by atoms with E-state index in [0.717, 1.165) is 28.0 Å². The smallest absolute Gasteiger partial charge is 0.186 e. The normalized spacial score (nSPS) is 15.5. The van der Waals surface area contributed by atoms with E-state index in [-0.39, 0.29) is 5.96 Å². The van der Waals surface area contributed by atoms with Crippen molar-refractivity contribution in [3.05, 3.63) is 59.9 Å². The van der Waals surface area contributed by atoms with E-state index in [0.29, 0.717) is 5.76 Å². The van der Waals surface area contributed by atoms with Gasteiger partial charge in [-0.2, -0.15) is 0 Å². The number of rotatable bonds is 9. The average Bonchev–Trinajstić information content (AvgIpc) is 3.25. The van der Waals surface area contributed by atoms with Gasteiger partial charge in [-0.05, 0) is 75.0 Å². The molecule has 6 nitrogen and oxygen atoms in total. The maximum atomic E-state index is 6.10. The van der Waals surface area contributed by atoms with E-state index in [2.05, 4.69) is 22.0 Å². The number of nitrogens with zero attached hydrogens (tertiary/aromatic N) is 2. The Morgan fingerprint density at radius 3 is 2.69 bits per heavy atom. The number of hydrogen-bond donors (Lipinski definition) is 2. The Morgan fingerprint density at radius 2 is 1.94 bits per heavy atom. The Balaban J connectivity index is 1.54. The first-order valence-electron chi connectivity index (χ1n) is 11.2. The van der Waals surface area contributed by atoms with Crippen LogP contribution in [0.4, 0.5) is 0 Å². The van der Waals surface area contributed by atoms with Gasteiger partial charge in [-0.3, -0.25) is 0 Å². The van der Waals surface area contributed by atoms with Gasteiger partial charge in [0.15, 0.2) is 5.96 Å². The van der Waals surface area contributed by atoms with Gasteiger partial charge in [-0.15, -0.1) is 11.8 Å². The molecule has 0 radical (unpaired) electrons. The average molecular weight is 453 g/mol. The Hall–Kier alpha value is -2.64. The minimum Gasteiger partial charge on any atom is -0.496 e. The number of ether oxygens (including phenoxy) is 1. The monoisotopic (exact) mass is 452 g/mol. The highest BCUT2D eigenvalue weighted by Gasteiger charge is 2.23. The molecule has 1 fully saturated rings. The van der Waals surface area contributed by atoms with Crippen molar-refractivity contribution in [1.29, 1.82) is 0 Å². The van der Waals surface area contributed by atoms with E-state index < -0.39 is 6.04 Å². The molecule has 2 aromatic carbocycles. The van der Waals surface area contributed by atoms with Crippen LogP contribution in [-0.4, -0.2) is 43.4 Å². The molecule has 2 heterocycles. The SMILES string of the molecule is COc1ccc(SCCCN2CCCCC2)cc1C(N=C(N)N)c1cc2ccccc2o1. The van der Waals surface area contributed by atoms with Crippen molar-refractivity contribution in [2.24, 2.45) is 16.5 Å². The Morgan fingerprint density at radius 1 is 1.12 bits per heavy atom. The summed E-state index contributed by atoms with van der Waals surface area (Å²) in [6.45, 7) is 3.66. The number of furan rings is 1. The van der Waals surface area contributed by atoms with Gasteiger partial charge in [-0.25, -0.2) is 4.99 Å². The summed E-state index contributed by atoms with van der Waals surface area (Å²) in [4.78, 5) is 8.26. The van der Waals surface area contributed by atoms with Crippen LogP contribution in [0.1, 0.15) is 43.0 Å². The largest absolute Gasteiger partial charge is 0.496 e. The fourth-order valence-electron chi connectivity index (χ4n) is 4.25. The molecule has 0 aliphatic carbocycles. The molecule has 1 saturated heterocycles. The van der Waals surface area contributed by atoms with Gasteiger partial charge in [0.2, 0.25) is 0 Å². The zero-order chi connectivity index (χ0) is 22.3. The van der Waals surface area contributed by atoms with Crippen LogP contribution in [0.5, 0.6) is 5.75 Å². The fraction of sp³-hybridized carbons (Fsp3) is 0.400. The number of para-hydroxylation sites is 1. The van der Waals surface area contributed by atoms with Crippen molar-refractivity contribution in [3.63, 3.8) is 0 Å². The number of likely N-dealkylation sites (tertiary alicyclic amines) is 1. The number of methoxy groups -OCH3 is 1. The predicted octanol–water partition coefficient (Wildman–Crippen LogP) is 4.77. The van der Waals surface area contributed by atoms with E-state index >= 15 is 0 Å². The van der Waals surface area contributed by atoms with Crippen LogP contribution in [0, 0.1) is 0 Å². The van der Waals surface area contributed by atoms with Crippen LogP contribution in [0.3, 0.4) is 0 Å². The highest BCUT2D eigenvalue weighted by atomic mass is 32.2. The van der Waals surface area contributed by atoms with Gasteiger partial charge < -0.3 is 25.5 Å². The van der Waals surface area contributed by atoms with Crippen LogP contribution < -0.4 is 16.2 Å². The first-order chi connectivity index (χ1) is 15.6. The van der Waals surface area contributed by atoms with Crippen LogP contribution in [0.15, 0.2) is 62.8 Å². The molecule has 1 atom stereocenters. The zero-order valence-electron chi connectivity index (χ0n) is 18.6. The number of benzene rings is 2. The summed E-state index contributed by atoms with van der Waals surface area (Å²) < 4.78 is 11.8. The van der Waals surface area contributed by atoms with Gasteiger partial charge in [0, 0.05) is 15.8 Å². The highest BCUT2D eigenvalue weighted by molar-refractivity contribution is 7.99. The van der Waals surface area contributed by atoms with Gasteiger partial charge in [-0.1, -0.05) is 24.6 Å². The first-order valence-corrected chi connectivity index (χ1v) is 12.2. The van der Waals surface area contributed by atoms with Crippen molar-refractivity contribution in [2.75, 3.05) is 32.5 Å². The van der Waals surface area contributed by atoms with Gasteiger partial charge in [0.1, 0.15) is 23.1 Å². The van der Waals surface area contributed by atoms with E-state index in [1.807, 2.05) is 48.2 Å². The van der Waals surface area contributed by atoms with Crippen LogP contribution >= 0.6 is 11.8 Å². The fourth-order valence-corrected chi connectivity index (χ4v) is 5.13. The molecule has 1 aliphatic heterocycles. The maximum Gasteiger partial charge on any atom is 0.186 e. The summed E-state index contributed by atoms with van der Waals surface area (Å²) in [6, 6.07) is 15.6. The van der Waals surface area contributed by atoms with Crippen LogP contribution in [-0.2, 0) is 0 Å². The van der Waals surface area contributed by atoms with Gasteiger partial charge >= 0.3 is 0 Å². The van der Waals surface area contributed by atoms with E-state index in [1.165, 1.54) is 50.2 Å². The maximum absolute atomic E-state index is 6.10. The molecule has 4 N–H and O–H groups in total.